The Morgan fingerprint density at radius 2 is 1.77 bits per heavy atom. The molecule has 4 rings (SSSR count). The number of carbonyl (C=O) groups excluding carboxylic acids is 1. The Morgan fingerprint density at radius 1 is 1.03 bits per heavy atom. The van der Waals surface area contributed by atoms with Gasteiger partial charge in [-0.3, -0.25) is 0 Å². The van der Waals surface area contributed by atoms with E-state index in [-0.39, 0.29) is 0 Å². The SMILES string of the molecule is [C-]#[N+]c1ccc(Cn2c(C(=O)OC)cc3c(Br)cc(Oc4ccccc4)cc32)cc1. The Morgan fingerprint density at radius 3 is 2.43 bits per heavy atom. The van der Waals surface area contributed by atoms with Gasteiger partial charge in [0.2, 0.25) is 0 Å². The molecule has 148 valence electrons. The van der Waals surface area contributed by atoms with Gasteiger partial charge >= 0.3 is 5.97 Å². The maximum absolute atomic E-state index is 12.5. The Kier molecular flexibility index (Phi) is 5.55. The molecule has 3 aromatic carbocycles. The minimum atomic E-state index is -0.415. The molecule has 0 saturated heterocycles. The summed E-state index contributed by atoms with van der Waals surface area (Å²) in [6.45, 7) is 7.56. The van der Waals surface area contributed by atoms with Gasteiger partial charge in [0.1, 0.15) is 17.2 Å². The monoisotopic (exact) mass is 460 g/mol. The lowest BCUT2D eigenvalue weighted by Crippen LogP contribution is -2.11. The van der Waals surface area contributed by atoms with Crippen LogP contribution in [0.3, 0.4) is 0 Å². The summed E-state index contributed by atoms with van der Waals surface area (Å²) < 4.78 is 13.7. The van der Waals surface area contributed by atoms with Crippen molar-refractivity contribution < 1.29 is 14.3 Å². The van der Waals surface area contributed by atoms with Crippen molar-refractivity contribution in [3.05, 3.63) is 99.9 Å². The number of esters is 1. The molecule has 0 bridgehead atoms. The normalized spacial score (nSPS) is 10.6. The highest BCUT2D eigenvalue weighted by Crippen LogP contribution is 2.35. The smallest absolute Gasteiger partial charge is 0.354 e. The topological polar surface area (TPSA) is 44.8 Å². The van der Waals surface area contributed by atoms with E-state index in [0.717, 1.165) is 26.7 Å². The maximum atomic E-state index is 12.5. The van der Waals surface area contributed by atoms with E-state index in [9.17, 15) is 4.79 Å². The van der Waals surface area contributed by atoms with Crippen molar-refractivity contribution in [1.29, 1.82) is 0 Å². The van der Waals surface area contributed by atoms with Gasteiger partial charge < -0.3 is 14.0 Å². The number of hydrogen-bond acceptors (Lipinski definition) is 3. The van der Waals surface area contributed by atoms with Crippen molar-refractivity contribution >= 4 is 38.5 Å². The summed E-state index contributed by atoms with van der Waals surface area (Å²) in [7, 11) is 1.37. The maximum Gasteiger partial charge on any atom is 0.354 e. The van der Waals surface area contributed by atoms with Crippen molar-refractivity contribution in [1.82, 2.24) is 4.57 Å². The second-order valence-corrected chi connectivity index (χ2v) is 7.49. The summed E-state index contributed by atoms with van der Waals surface area (Å²) in [5, 5.41) is 0.883. The molecule has 1 aromatic heterocycles. The number of carbonyl (C=O) groups is 1. The number of hydrogen-bond donors (Lipinski definition) is 0. The van der Waals surface area contributed by atoms with Crippen LogP contribution in [0.25, 0.3) is 15.7 Å². The van der Waals surface area contributed by atoms with E-state index in [2.05, 4.69) is 20.8 Å². The largest absolute Gasteiger partial charge is 0.464 e. The fourth-order valence-electron chi connectivity index (χ4n) is 3.28. The second-order valence-electron chi connectivity index (χ2n) is 6.64. The molecule has 0 saturated carbocycles. The van der Waals surface area contributed by atoms with Crippen molar-refractivity contribution in [2.75, 3.05) is 7.11 Å². The predicted octanol–water partition coefficient (Wildman–Crippen LogP) is 6.58. The van der Waals surface area contributed by atoms with Crippen LogP contribution in [-0.2, 0) is 11.3 Å². The standard InChI is InChI=1S/C24H17BrN2O3/c1-26-17-10-8-16(9-11-17)15-27-22-13-19(30-18-6-4-3-5-7-18)12-21(25)20(22)14-23(27)24(28)29-2/h3-14H,15H2,2H3. The zero-order valence-electron chi connectivity index (χ0n) is 16.1. The summed E-state index contributed by atoms with van der Waals surface area (Å²) in [6, 6.07) is 22.4. The minimum absolute atomic E-state index is 0.415. The quantitative estimate of drug-likeness (QED) is 0.249. The summed E-state index contributed by atoms with van der Waals surface area (Å²) >= 11 is 3.61. The van der Waals surface area contributed by atoms with E-state index in [1.165, 1.54) is 7.11 Å². The van der Waals surface area contributed by atoms with E-state index in [0.29, 0.717) is 23.7 Å². The van der Waals surface area contributed by atoms with Crippen LogP contribution in [0.4, 0.5) is 5.69 Å². The molecule has 0 radical (unpaired) electrons. The summed E-state index contributed by atoms with van der Waals surface area (Å²) in [6.07, 6.45) is 0. The number of fused-ring (bicyclic) bond motifs is 1. The van der Waals surface area contributed by atoms with Gasteiger partial charge in [-0.15, -0.1) is 0 Å². The van der Waals surface area contributed by atoms with E-state index >= 15 is 0 Å². The molecule has 0 aliphatic rings. The molecule has 0 unspecified atom stereocenters. The molecule has 5 nitrogen and oxygen atoms in total. The highest BCUT2D eigenvalue weighted by atomic mass is 79.9. The number of ether oxygens (including phenoxy) is 2. The van der Waals surface area contributed by atoms with Crippen molar-refractivity contribution in [2.45, 2.75) is 6.54 Å². The van der Waals surface area contributed by atoms with Crippen LogP contribution >= 0.6 is 15.9 Å². The molecule has 30 heavy (non-hydrogen) atoms. The van der Waals surface area contributed by atoms with Crippen molar-refractivity contribution in [2.24, 2.45) is 0 Å². The lowest BCUT2D eigenvalue weighted by molar-refractivity contribution is 0.0589. The molecular weight excluding hydrogens is 444 g/mol. The third-order valence-corrected chi connectivity index (χ3v) is 5.38. The number of rotatable bonds is 5. The highest BCUT2D eigenvalue weighted by molar-refractivity contribution is 9.10. The lowest BCUT2D eigenvalue weighted by atomic mass is 10.2. The first-order valence-corrected chi connectivity index (χ1v) is 9.99. The van der Waals surface area contributed by atoms with Crippen LogP contribution in [0.15, 0.2) is 77.3 Å². The summed E-state index contributed by atoms with van der Waals surface area (Å²) in [5.74, 6) is 0.964. The Labute approximate surface area is 182 Å². The zero-order valence-corrected chi connectivity index (χ0v) is 17.7. The molecule has 1 heterocycles. The molecular formula is C24H17BrN2O3. The van der Waals surface area contributed by atoms with Crippen LogP contribution in [0.2, 0.25) is 0 Å². The molecule has 0 amide bonds. The van der Waals surface area contributed by atoms with Crippen LogP contribution < -0.4 is 4.74 Å². The number of halogens is 1. The van der Waals surface area contributed by atoms with Crippen LogP contribution in [0.5, 0.6) is 11.5 Å². The van der Waals surface area contributed by atoms with Gasteiger partial charge in [0.15, 0.2) is 5.69 Å². The van der Waals surface area contributed by atoms with E-state index in [1.54, 1.807) is 12.1 Å². The molecule has 0 aliphatic carbocycles. The second kappa shape index (κ2) is 8.44. The fraction of sp³-hybridized carbons (Fsp3) is 0.0833. The summed E-state index contributed by atoms with van der Waals surface area (Å²) in [5.41, 5.74) is 2.82. The lowest BCUT2D eigenvalue weighted by Gasteiger charge is -2.12. The molecule has 0 N–H and O–H groups in total. The zero-order chi connectivity index (χ0) is 21.1. The van der Waals surface area contributed by atoms with Crippen LogP contribution in [0.1, 0.15) is 16.1 Å². The van der Waals surface area contributed by atoms with Gasteiger partial charge in [-0.1, -0.05) is 42.5 Å². The number of nitrogens with zero attached hydrogens (tertiary/aromatic N) is 2. The van der Waals surface area contributed by atoms with Crippen molar-refractivity contribution in [3.63, 3.8) is 0 Å². The third kappa shape index (κ3) is 3.93. The molecule has 6 heteroatoms. The fourth-order valence-corrected chi connectivity index (χ4v) is 3.82. The number of benzene rings is 3. The number of methoxy groups -OCH3 is 1. The van der Waals surface area contributed by atoms with Gasteiger partial charge in [-0.05, 0) is 45.8 Å². The number of aromatic nitrogens is 1. The Hall–Kier alpha value is -3.56. The highest BCUT2D eigenvalue weighted by Gasteiger charge is 2.19. The average molecular weight is 461 g/mol. The number of para-hydroxylation sites is 1. The molecule has 0 aliphatic heterocycles. The molecule has 0 fully saturated rings. The Bertz CT molecular complexity index is 1260. The molecule has 0 atom stereocenters. The molecule has 0 spiro atoms. The third-order valence-electron chi connectivity index (χ3n) is 4.72. The van der Waals surface area contributed by atoms with Gasteiger partial charge in [-0.25, -0.2) is 9.64 Å². The molecule has 4 aromatic rings. The van der Waals surface area contributed by atoms with E-state index in [1.807, 2.05) is 65.2 Å². The van der Waals surface area contributed by atoms with E-state index in [4.69, 9.17) is 16.0 Å². The van der Waals surface area contributed by atoms with Gasteiger partial charge in [0, 0.05) is 22.5 Å². The Balaban J connectivity index is 1.82. The van der Waals surface area contributed by atoms with Crippen LogP contribution in [0, 0.1) is 6.57 Å². The first kappa shape index (κ1) is 19.7. The van der Waals surface area contributed by atoms with Gasteiger partial charge in [0.25, 0.3) is 0 Å². The first-order chi connectivity index (χ1) is 14.6. The van der Waals surface area contributed by atoms with Gasteiger partial charge in [-0.2, -0.15) is 0 Å². The van der Waals surface area contributed by atoms with E-state index < -0.39 is 5.97 Å². The minimum Gasteiger partial charge on any atom is -0.464 e. The summed E-state index contributed by atoms with van der Waals surface area (Å²) in [4.78, 5) is 15.9. The van der Waals surface area contributed by atoms with Gasteiger partial charge in [0.05, 0.1) is 19.2 Å². The van der Waals surface area contributed by atoms with Crippen LogP contribution in [-0.4, -0.2) is 17.6 Å². The first-order valence-electron chi connectivity index (χ1n) is 9.19. The predicted molar refractivity (Wildman–Crippen MR) is 119 cm³/mol. The van der Waals surface area contributed by atoms with Crippen molar-refractivity contribution in [3.8, 4) is 11.5 Å². The average Bonchev–Trinajstić information content (AvgIpc) is 3.13.